The topological polar surface area (TPSA) is 81.6 Å². The van der Waals surface area contributed by atoms with Crippen LogP contribution in [-0.2, 0) is 6.54 Å². The molecular weight excluding hydrogens is 434 g/mol. The summed E-state index contributed by atoms with van der Waals surface area (Å²) in [6.45, 7) is 5.21. The second-order valence-electron chi connectivity index (χ2n) is 8.42. The number of amides is 1. The highest BCUT2D eigenvalue weighted by Gasteiger charge is 2.40. The Morgan fingerprint density at radius 1 is 1.13 bits per heavy atom. The van der Waals surface area contributed by atoms with Crippen LogP contribution in [0.15, 0.2) is 42.0 Å². The molecule has 164 valence electrons. The van der Waals surface area contributed by atoms with E-state index in [4.69, 9.17) is 5.21 Å². The fourth-order valence-electron chi connectivity index (χ4n) is 4.81. The molecule has 2 aliphatic heterocycles. The highest BCUT2D eigenvalue weighted by molar-refractivity contribution is 7.17. The SMILES string of the molecule is Cl.O=C(NO)c1cnc(N2CCC3(CCN(Cc4csc5ccccc45)C3)CC2)nc1. The largest absolute Gasteiger partial charge is 0.341 e. The number of likely N-dealkylation sites (tertiary alicyclic amines) is 1. The van der Waals surface area contributed by atoms with Crippen molar-refractivity contribution in [2.24, 2.45) is 5.41 Å². The lowest BCUT2D eigenvalue weighted by Gasteiger charge is -2.39. The second-order valence-corrected chi connectivity index (χ2v) is 9.33. The van der Waals surface area contributed by atoms with Crippen molar-refractivity contribution in [3.63, 3.8) is 0 Å². The highest BCUT2D eigenvalue weighted by Crippen LogP contribution is 2.41. The molecule has 2 N–H and O–H groups in total. The van der Waals surface area contributed by atoms with Gasteiger partial charge in [0.1, 0.15) is 0 Å². The van der Waals surface area contributed by atoms with Crippen LogP contribution in [0, 0.1) is 5.41 Å². The molecule has 1 spiro atoms. The number of rotatable bonds is 4. The number of nitrogens with zero attached hydrogens (tertiary/aromatic N) is 4. The zero-order valence-electron chi connectivity index (χ0n) is 17.2. The molecule has 2 aromatic heterocycles. The Labute approximate surface area is 191 Å². The molecular formula is C22H26ClN5O2S. The van der Waals surface area contributed by atoms with Gasteiger partial charge in [0, 0.05) is 43.3 Å². The lowest BCUT2D eigenvalue weighted by Crippen LogP contribution is -2.42. The Morgan fingerprint density at radius 2 is 1.84 bits per heavy atom. The van der Waals surface area contributed by atoms with Crippen LogP contribution in [0.2, 0.25) is 0 Å². The summed E-state index contributed by atoms with van der Waals surface area (Å²) in [5, 5.41) is 12.4. The normalized spacial score (nSPS) is 18.3. The first-order valence-corrected chi connectivity index (χ1v) is 11.2. The van der Waals surface area contributed by atoms with Crippen LogP contribution in [0.25, 0.3) is 10.1 Å². The first-order valence-electron chi connectivity index (χ1n) is 10.3. The molecule has 0 saturated carbocycles. The van der Waals surface area contributed by atoms with Gasteiger partial charge in [-0.1, -0.05) is 18.2 Å². The van der Waals surface area contributed by atoms with Crippen LogP contribution < -0.4 is 10.4 Å². The monoisotopic (exact) mass is 459 g/mol. The number of halogens is 1. The van der Waals surface area contributed by atoms with Gasteiger partial charge in [-0.2, -0.15) is 0 Å². The Kier molecular flexibility index (Phi) is 6.43. The van der Waals surface area contributed by atoms with Crippen LogP contribution in [-0.4, -0.2) is 52.2 Å². The number of carbonyl (C=O) groups excluding carboxylic acids is 1. The van der Waals surface area contributed by atoms with Crippen LogP contribution in [0.5, 0.6) is 0 Å². The number of piperidine rings is 1. The maximum absolute atomic E-state index is 11.4. The number of hydrogen-bond acceptors (Lipinski definition) is 7. The van der Waals surface area contributed by atoms with E-state index in [0.29, 0.717) is 11.4 Å². The van der Waals surface area contributed by atoms with Crippen LogP contribution in [0.4, 0.5) is 5.95 Å². The molecule has 0 unspecified atom stereocenters. The first kappa shape index (κ1) is 22.0. The number of anilines is 1. The second kappa shape index (κ2) is 9.08. The fraction of sp³-hybridized carbons (Fsp3) is 0.409. The Bertz CT molecular complexity index is 1050. The van der Waals surface area contributed by atoms with Gasteiger partial charge in [0.25, 0.3) is 5.91 Å². The van der Waals surface area contributed by atoms with Crippen molar-refractivity contribution in [1.29, 1.82) is 0 Å². The Hall–Kier alpha value is -2.26. The molecule has 0 radical (unpaired) electrons. The van der Waals surface area contributed by atoms with Crippen LogP contribution in [0.3, 0.4) is 0 Å². The quantitative estimate of drug-likeness (QED) is 0.457. The smallest absolute Gasteiger partial charge is 0.277 e. The minimum Gasteiger partial charge on any atom is -0.341 e. The van der Waals surface area contributed by atoms with E-state index in [1.807, 2.05) is 11.3 Å². The molecule has 31 heavy (non-hydrogen) atoms. The maximum atomic E-state index is 11.4. The molecule has 4 heterocycles. The minimum atomic E-state index is -0.594. The van der Waals surface area contributed by atoms with Crippen molar-refractivity contribution >= 4 is 45.7 Å². The van der Waals surface area contributed by atoms with E-state index in [2.05, 4.69) is 49.4 Å². The minimum absolute atomic E-state index is 0. The fourth-order valence-corrected chi connectivity index (χ4v) is 5.77. The summed E-state index contributed by atoms with van der Waals surface area (Å²) in [5.74, 6) is 0.0579. The Balaban J connectivity index is 0.00000231. The number of hydroxylamine groups is 1. The number of nitrogens with one attached hydrogen (secondary N) is 1. The summed E-state index contributed by atoms with van der Waals surface area (Å²) >= 11 is 1.84. The molecule has 0 aliphatic carbocycles. The van der Waals surface area contributed by atoms with Crippen LogP contribution >= 0.6 is 23.7 Å². The summed E-state index contributed by atoms with van der Waals surface area (Å²) in [6.07, 6.45) is 6.44. The highest BCUT2D eigenvalue weighted by atomic mass is 35.5. The zero-order valence-corrected chi connectivity index (χ0v) is 18.8. The van der Waals surface area contributed by atoms with Gasteiger partial charge >= 0.3 is 0 Å². The van der Waals surface area contributed by atoms with Gasteiger partial charge < -0.3 is 4.90 Å². The number of hydrogen-bond donors (Lipinski definition) is 2. The third kappa shape index (κ3) is 4.39. The summed E-state index contributed by atoms with van der Waals surface area (Å²) < 4.78 is 1.37. The van der Waals surface area contributed by atoms with Gasteiger partial charge in [0.05, 0.1) is 5.56 Å². The van der Waals surface area contributed by atoms with E-state index in [1.54, 1.807) is 5.48 Å². The van der Waals surface area contributed by atoms with Gasteiger partial charge in [0.2, 0.25) is 5.95 Å². The number of benzene rings is 1. The first-order chi connectivity index (χ1) is 14.7. The van der Waals surface area contributed by atoms with E-state index in [1.165, 1.54) is 34.5 Å². The van der Waals surface area contributed by atoms with E-state index in [9.17, 15) is 4.79 Å². The van der Waals surface area contributed by atoms with Crippen molar-refractivity contribution in [2.45, 2.75) is 25.8 Å². The van der Waals surface area contributed by atoms with Gasteiger partial charge in [-0.05, 0) is 53.6 Å². The number of thiophene rings is 1. The van der Waals surface area contributed by atoms with E-state index in [0.717, 1.165) is 45.6 Å². The van der Waals surface area contributed by atoms with Gasteiger partial charge in [0.15, 0.2) is 0 Å². The molecule has 3 aromatic rings. The number of carbonyl (C=O) groups is 1. The van der Waals surface area contributed by atoms with E-state index < -0.39 is 5.91 Å². The lowest BCUT2D eigenvalue weighted by atomic mass is 9.78. The van der Waals surface area contributed by atoms with Gasteiger partial charge in [-0.3, -0.25) is 14.9 Å². The van der Waals surface area contributed by atoms with Crippen molar-refractivity contribution in [3.05, 3.63) is 53.2 Å². The molecule has 0 atom stereocenters. The third-order valence-corrected chi connectivity index (χ3v) is 7.59. The Morgan fingerprint density at radius 3 is 2.58 bits per heavy atom. The zero-order chi connectivity index (χ0) is 20.6. The molecule has 2 aliphatic rings. The number of fused-ring (bicyclic) bond motifs is 1. The third-order valence-electron chi connectivity index (χ3n) is 6.58. The van der Waals surface area contributed by atoms with Crippen molar-refractivity contribution in [3.8, 4) is 0 Å². The van der Waals surface area contributed by atoms with E-state index >= 15 is 0 Å². The molecule has 9 heteroatoms. The molecule has 5 rings (SSSR count). The molecule has 1 aromatic carbocycles. The molecule has 2 fully saturated rings. The summed E-state index contributed by atoms with van der Waals surface area (Å²) in [5.41, 5.74) is 3.70. The summed E-state index contributed by atoms with van der Waals surface area (Å²) in [6, 6.07) is 8.68. The predicted molar refractivity (Wildman–Crippen MR) is 124 cm³/mol. The molecule has 1 amide bonds. The van der Waals surface area contributed by atoms with Crippen molar-refractivity contribution in [2.75, 3.05) is 31.1 Å². The molecule has 0 bridgehead atoms. The summed E-state index contributed by atoms with van der Waals surface area (Å²) in [4.78, 5) is 24.9. The van der Waals surface area contributed by atoms with Crippen molar-refractivity contribution < 1.29 is 10.0 Å². The molecule has 7 nitrogen and oxygen atoms in total. The predicted octanol–water partition coefficient (Wildman–Crippen LogP) is 3.72. The van der Waals surface area contributed by atoms with Gasteiger partial charge in [-0.15, -0.1) is 23.7 Å². The van der Waals surface area contributed by atoms with Crippen LogP contribution in [0.1, 0.15) is 35.2 Å². The molecule has 2 saturated heterocycles. The maximum Gasteiger partial charge on any atom is 0.277 e. The summed E-state index contributed by atoms with van der Waals surface area (Å²) in [7, 11) is 0. The standard InChI is InChI=1S/C22H25N5O2S.ClH/c28-20(25-29)16-11-23-21(24-12-16)27-9-6-22(7-10-27)5-8-26(15-22)13-17-14-30-19-4-2-1-3-18(17)19;/h1-4,11-12,14,29H,5-10,13,15H2,(H,25,28);1H. The van der Waals surface area contributed by atoms with Crippen molar-refractivity contribution in [1.82, 2.24) is 20.3 Å². The van der Waals surface area contributed by atoms with E-state index in [-0.39, 0.29) is 18.0 Å². The van der Waals surface area contributed by atoms with Gasteiger partial charge in [-0.25, -0.2) is 15.4 Å². The average molecular weight is 460 g/mol. The average Bonchev–Trinajstić information content (AvgIpc) is 3.38. The lowest BCUT2D eigenvalue weighted by molar-refractivity contribution is 0.0705. The number of aromatic nitrogens is 2.